The number of aromatic nitrogens is 2. The van der Waals surface area contributed by atoms with Gasteiger partial charge in [-0.15, -0.1) is 12.4 Å². The summed E-state index contributed by atoms with van der Waals surface area (Å²) in [5, 5.41) is 8.35. The highest BCUT2D eigenvalue weighted by Gasteiger charge is 2.27. The predicted octanol–water partition coefficient (Wildman–Crippen LogP) is 3.44. The molecule has 0 radical (unpaired) electrons. The molecule has 152 valence electrons. The largest absolute Gasteiger partial charge is 0.342 e. The molecule has 2 aliphatic rings. The summed E-state index contributed by atoms with van der Waals surface area (Å²) in [6.45, 7) is 6.96. The van der Waals surface area contributed by atoms with Gasteiger partial charge in [-0.1, -0.05) is 18.2 Å². The molecule has 0 unspecified atom stereocenters. The first-order valence-corrected chi connectivity index (χ1v) is 10.2. The Labute approximate surface area is 173 Å². The molecule has 1 aliphatic carbocycles. The molecule has 0 spiro atoms. The van der Waals surface area contributed by atoms with E-state index in [2.05, 4.69) is 17.3 Å². The van der Waals surface area contributed by atoms with Crippen LogP contribution < -0.4 is 5.32 Å². The maximum absolute atomic E-state index is 12.9. The van der Waals surface area contributed by atoms with Crippen molar-refractivity contribution >= 4 is 18.3 Å². The summed E-state index contributed by atoms with van der Waals surface area (Å²) in [7, 11) is 0. The summed E-state index contributed by atoms with van der Waals surface area (Å²) in [6, 6.07) is 10.7. The molecule has 1 saturated carbocycles. The Hall–Kier alpha value is -1.85. The number of para-hydroxylation sites is 1. The van der Waals surface area contributed by atoms with Crippen molar-refractivity contribution in [3.8, 4) is 5.69 Å². The fourth-order valence-corrected chi connectivity index (χ4v) is 4.00. The molecule has 2 aromatic rings. The van der Waals surface area contributed by atoms with Crippen LogP contribution in [0.25, 0.3) is 5.69 Å². The van der Waals surface area contributed by atoms with E-state index in [4.69, 9.17) is 0 Å². The van der Waals surface area contributed by atoms with Crippen LogP contribution in [0.3, 0.4) is 0 Å². The Bertz CT molecular complexity index is 792. The maximum atomic E-state index is 12.9. The van der Waals surface area contributed by atoms with Crippen LogP contribution in [0.2, 0.25) is 0 Å². The number of carbonyl (C=O) groups excluding carboxylic acids is 1. The minimum atomic E-state index is 0. The summed E-state index contributed by atoms with van der Waals surface area (Å²) in [4.78, 5) is 14.9. The first-order valence-electron chi connectivity index (χ1n) is 10.2. The predicted molar refractivity (Wildman–Crippen MR) is 114 cm³/mol. The van der Waals surface area contributed by atoms with Gasteiger partial charge >= 0.3 is 0 Å². The molecule has 0 atom stereocenters. The summed E-state index contributed by atoms with van der Waals surface area (Å²) in [5.74, 6) is 1.14. The number of hydrogen-bond acceptors (Lipinski definition) is 3. The molecule has 4 rings (SSSR count). The number of hydrogen-bond donors (Lipinski definition) is 1. The minimum absolute atomic E-state index is 0. The average molecular weight is 403 g/mol. The number of nitrogens with one attached hydrogen (secondary N) is 1. The zero-order valence-electron chi connectivity index (χ0n) is 16.9. The summed E-state index contributed by atoms with van der Waals surface area (Å²) in [6.07, 6.45) is 5.36. The van der Waals surface area contributed by atoms with Crippen molar-refractivity contribution in [3.05, 3.63) is 47.3 Å². The van der Waals surface area contributed by atoms with Gasteiger partial charge in [-0.25, -0.2) is 4.68 Å². The number of aryl methyl sites for hydroxylation is 1. The van der Waals surface area contributed by atoms with Gasteiger partial charge < -0.3 is 10.2 Å². The molecule has 1 aromatic heterocycles. The smallest absolute Gasteiger partial charge is 0.227 e. The molecule has 1 aliphatic heterocycles. The quantitative estimate of drug-likeness (QED) is 0.805. The molecular formula is C22H31ClN4O. The summed E-state index contributed by atoms with van der Waals surface area (Å²) in [5.41, 5.74) is 4.12. The van der Waals surface area contributed by atoms with E-state index < -0.39 is 0 Å². The van der Waals surface area contributed by atoms with Crippen LogP contribution in [0.1, 0.15) is 42.6 Å². The molecule has 2 heterocycles. The molecule has 1 aromatic carbocycles. The van der Waals surface area contributed by atoms with E-state index in [-0.39, 0.29) is 18.3 Å². The maximum Gasteiger partial charge on any atom is 0.227 e. The number of likely N-dealkylation sites (tertiary alicyclic amines) is 1. The monoisotopic (exact) mass is 402 g/mol. The Balaban J connectivity index is 0.00000225. The zero-order chi connectivity index (χ0) is 18.8. The average Bonchev–Trinajstić information content (AvgIpc) is 3.49. The van der Waals surface area contributed by atoms with E-state index in [1.807, 2.05) is 46.8 Å². The first-order chi connectivity index (χ1) is 13.1. The van der Waals surface area contributed by atoms with Crippen molar-refractivity contribution in [1.29, 1.82) is 0 Å². The lowest BCUT2D eigenvalue weighted by Gasteiger charge is -2.32. The number of benzene rings is 1. The zero-order valence-corrected chi connectivity index (χ0v) is 17.7. The number of rotatable bonds is 6. The van der Waals surface area contributed by atoms with Crippen molar-refractivity contribution in [2.75, 3.05) is 19.6 Å². The SMILES string of the molecule is Cc1nn(-c2ccccc2)c(C)c1CC(=O)N1CCC(NCC2CC2)CC1.Cl. The normalized spacial score (nSPS) is 17.4. The number of halogens is 1. The molecule has 6 heteroatoms. The Kier molecular flexibility index (Phi) is 6.78. The Morgan fingerprint density at radius 2 is 1.79 bits per heavy atom. The molecule has 1 amide bonds. The van der Waals surface area contributed by atoms with Gasteiger partial charge in [-0.05, 0) is 64.1 Å². The molecule has 5 nitrogen and oxygen atoms in total. The molecule has 1 N–H and O–H groups in total. The number of carbonyl (C=O) groups is 1. The minimum Gasteiger partial charge on any atom is -0.342 e. The highest BCUT2D eigenvalue weighted by atomic mass is 35.5. The fraction of sp³-hybridized carbons (Fsp3) is 0.545. The van der Waals surface area contributed by atoms with E-state index in [1.54, 1.807) is 0 Å². The van der Waals surface area contributed by atoms with Gasteiger partial charge in [0.05, 0.1) is 17.8 Å². The number of nitrogens with zero attached hydrogens (tertiary/aromatic N) is 3. The summed E-state index contributed by atoms with van der Waals surface area (Å²) < 4.78 is 1.95. The van der Waals surface area contributed by atoms with Gasteiger partial charge in [0.15, 0.2) is 0 Å². The van der Waals surface area contributed by atoms with Crippen molar-refractivity contribution in [1.82, 2.24) is 20.0 Å². The van der Waals surface area contributed by atoms with Gasteiger partial charge in [0.25, 0.3) is 0 Å². The van der Waals surface area contributed by atoms with Crippen LogP contribution in [0, 0.1) is 19.8 Å². The van der Waals surface area contributed by atoms with Crippen molar-refractivity contribution in [2.45, 2.75) is 52.0 Å². The van der Waals surface area contributed by atoms with Crippen LogP contribution in [0.15, 0.2) is 30.3 Å². The van der Waals surface area contributed by atoms with E-state index >= 15 is 0 Å². The highest BCUT2D eigenvalue weighted by Crippen LogP contribution is 2.28. The topological polar surface area (TPSA) is 50.2 Å². The lowest BCUT2D eigenvalue weighted by atomic mass is 10.0. The van der Waals surface area contributed by atoms with E-state index in [9.17, 15) is 4.79 Å². The molecule has 28 heavy (non-hydrogen) atoms. The lowest BCUT2D eigenvalue weighted by Crippen LogP contribution is -2.45. The molecule has 2 fully saturated rings. The third-order valence-corrected chi connectivity index (χ3v) is 6.01. The second-order valence-corrected chi connectivity index (χ2v) is 8.08. The van der Waals surface area contributed by atoms with Gasteiger partial charge in [0, 0.05) is 30.4 Å². The van der Waals surface area contributed by atoms with E-state index in [0.29, 0.717) is 12.5 Å². The van der Waals surface area contributed by atoms with Gasteiger partial charge in [0.1, 0.15) is 0 Å². The fourth-order valence-electron chi connectivity index (χ4n) is 4.00. The number of amides is 1. The number of piperidine rings is 1. The molecular weight excluding hydrogens is 372 g/mol. The summed E-state index contributed by atoms with van der Waals surface area (Å²) >= 11 is 0. The third kappa shape index (κ3) is 4.76. The molecule has 1 saturated heterocycles. The van der Waals surface area contributed by atoms with Crippen LogP contribution >= 0.6 is 12.4 Å². The van der Waals surface area contributed by atoms with Crippen LogP contribution in [0.5, 0.6) is 0 Å². The third-order valence-electron chi connectivity index (χ3n) is 6.01. The van der Waals surface area contributed by atoms with Gasteiger partial charge in [-0.3, -0.25) is 4.79 Å². The van der Waals surface area contributed by atoms with Crippen molar-refractivity contribution in [3.63, 3.8) is 0 Å². The second-order valence-electron chi connectivity index (χ2n) is 8.08. The Morgan fingerprint density at radius 3 is 2.43 bits per heavy atom. The van der Waals surface area contributed by atoms with Crippen molar-refractivity contribution < 1.29 is 4.79 Å². The van der Waals surface area contributed by atoms with Crippen LogP contribution in [-0.4, -0.2) is 46.3 Å². The van der Waals surface area contributed by atoms with E-state index in [0.717, 1.165) is 61.0 Å². The molecule has 0 bridgehead atoms. The van der Waals surface area contributed by atoms with Gasteiger partial charge in [0.2, 0.25) is 5.91 Å². The Morgan fingerprint density at radius 1 is 1.11 bits per heavy atom. The van der Waals surface area contributed by atoms with E-state index in [1.165, 1.54) is 12.8 Å². The van der Waals surface area contributed by atoms with Crippen molar-refractivity contribution in [2.24, 2.45) is 5.92 Å². The second kappa shape index (κ2) is 9.10. The lowest BCUT2D eigenvalue weighted by molar-refractivity contribution is -0.131. The van der Waals surface area contributed by atoms with Crippen LogP contribution in [0.4, 0.5) is 0 Å². The first kappa shape index (κ1) is 20.9. The van der Waals surface area contributed by atoms with Gasteiger partial charge in [-0.2, -0.15) is 5.10 Å². The van der Waals surface area contributed by atoms with Crippen LogP contribution in [-0.2, 0) is 11.2 Å². The standard InChI is InChI=1S/C22H30N4O.ClH/c1-16-21(17(2)26(24-16)20-6-4-3-5-7-20)14-22(27)25-12-10-19(11-13-25)23-15-18-8-9-18;/h3-7,18-19,23H,8-15H2,1-2H3;1H. The highest BCUT2D eigenvalue weighted by molar-refractivity contribution is 5.85.